The number of hydrogen-bond donors (Lipinski definition) is 2. The van der Waals surface area contributed by atoms with Gasteiger partial charge in [0.1, 0.15) is 5.75 Å². The maximum absolute atomic E-state index is 12.2. The highest BCUT2D eigenvalue weighted by molar-refractivity contribution is 5.81. The SMILES string of the molecule is C[C@@H](Oc1cccnc1)C(=O)NC1CC(N(CC(=O)O)CC2CC2)C1. The Hall–Kier alpha value is -2.15. The van der Waals surface area contributed by atoms with Gasteiger partial charge in [0.2, 0.25) is 0 Å². The lowest BCUT2D eigenvalue weighted by Crippen LogP contribution is -2.56. The molecule has 0 unspecified atom stereocenters. The molecule has 0 radical (unpaired) electrons. The summed E-state index contributed by atoms with van der Waals surface area (Å²) in [5, 5.41) is 12.1. The summed E-state index contributed by atoms with van der Waals surface area (Å²) >= 11 is 0. The maximum atomic E-state index is 12.2. The van der Waals surface area contributed by atoms with Crippen LogP contribution in [-0.2, 0) is 9.59 Å². The average Bonchev–Trinajstić information content (AvgIpc) is 3.34. The summed E-state index contributed by atoms with van der Waals surface area (Å²) in [7, 11) is 0. The van der Waals surface area contributed by atoms with Crippen molar-refractivity contribution in [1.29, 1.82) is 0 Å². The van der Waals surface area contributed by atoms with Gasteiger partial charge in [-0.1, -0.05) is 0 Å². The molecule has 0 saturated heterocycles. The van der Waals surface area contributed by atoms with Gasteiger partial charge in [-0.05, 0) is 50.7 Å². The van der Waals surface area contributed by atoms with Crippen LogP contribution < -0.4 is 10.1 Å². The lowest BCUT2D eigenvalue weighted by molar-refractivity contribution is -0.140. The molecule has 0 spiro atoms. The largest absolute Gasteiger partial charge is 0.480 e. The zero-order valence-corrected chi connectivity index (χ0v) is 14.4. The van der Waals surface area contributed by atoms with Gasteiger partial charge in [-0.25, -0.2) is 0 Å². The molecule has 2 N–H and O–H groups in total. The first-order valence-corrected chi connectivity index (χ1v) is 8.84. The number of amides is 1. The molecule has 1 heterocycles. The summed E-state index contributed by atoms with van der Waals surface area (Å²) in [5.41, 5.74) is 0. The minimum Gasteiger partial charge on any atom is -0.480 e. The van der Waals surface area contributed by atoms with Crippen LogP contribution in [0.1, 0.15) is 32.6 Å². The summed E-state index contributed by atoms with van der Waals surface area (Å²) in [6.07, 6.45) is 6.63. The van der Waals surface area contributed by atoms with Gasteiger partial charge in [-0.15, -0.1) is 0 Å². The van der Waals surface area contributed by atoms with Crippen molar-refractivity contribution >= 4 is 11.9 Å². The van der Waals surface area contributed by atoms with E-state index in [1.165, 1.54) is 12.8 Å². The van der Waals surface area contributed by atoms with Crippen molar-refractivity contribution in [3.63, 3.8) is 0 Å². The van der Waals surface area contributed by atoms with Crippen molar-refractivity contribution in [1.82, 2.24) is 15.2 Å². The Kier molecular flexibility index (Phi) is 5.53. The first kappa shape index (κ1) is 17.7. The molecule has 2 aliphatic rings. The summed E-state index contributed by atoms with van der Waals surface area (Å²) in [6.45, 7) is 2.66. The number of aromatic nitrogens is 1. The van der Waals surface area contributed by atoms with Gasteiger partial charge in [0.05, 0.1) is 12.7 Å². The first-order chi connectivity index (χ1) is 12.0. The number of rotatable bonds is 9. The molecule has 136 valence electrons. The third-order valence-corrected chi connectivity index (χ3v) is 4.82. The zero-order chi connectivity index (χ0) is 17.8. The summed E-state index contributed by atoms with van der Waals surface area (Å²) < 4.78 is 5.57. The van der Waals surface area contributed by atoms with Gasteiger partial charge in [0.15, 0.2) is 6.10 Å². The van der Waals surface area contributed by atoms with Crippen molar-refractivity contribution in [2.24, 2.45) is 5.92 Å². The van der Waals surface area contributed by atoms with Gasteiger partial charge in [-0.2, -0.15) is 0 Å². The standard InChI is InChI=1S/C18H25N3O4/c1-12(25-16-3-2-6-19-9-16)18(24)20-14-7-15(8-14)21(11-17(22)23)10-13-4-5-13/h2-3,6,9,12-15H,4-5,7-8,10-11H2,1H3,(H,20,24)(H,22,23)/t12-,14?,15?/m1/s1. The first-order valence-electron chi connectivity index (χ1n) is 8.84. The second-order valence-corrected chi connectivity index (χ2v) is 7.05. The molecule has 7 nitrogen and oxygen atoms in total. The Balaban J connectivity index is 1.42. The molecule has 7 heteroatoms. The normalized spacial score (nSPS) is 23.6. The molecule has 1 aromatic rings. The summed E-state index contributed by atoms with van der Waals surface area (Å²) in [6, 6.07) is 3.86. The fourth-order valence-corrected chi connectivity index (χ4v) is 3.15. The lowest BCUT2D eigenvalue weighted by atomic mass is 9.85. The van der Waals surface area contributed by atoms with Crippen LogP contribution in [0.5, 0.6) is 5.75 Å². The number of carbonyl (C=O) groups excluding carboxylic acids is 1. The molecule has 1 aromatic heterocycles. The van der Waals surface area contributed by atoms with E-state index in [-0.39, 0.29) is 24.5 Å². The molecule has 0 bridgehead atoms. The van der Waals surface area contributed by atoms with Crippen LogP contribution >= 0.6 is 0 Å². The van der Waals surface area contributed by atoms with Crippen LogP contribution in [0.2, 0.25) is 0 Å². The van der Waals surface area contributed by atoms with Crippen LogP contribution in [0.3, 0.4) is 0 Å². The van der Waals surface area contributed by atoms with Crippen LogP contribution in [0.15, 0.2) is 24.5 Å². The highest BCUT2D eigenvalue weighted by Crippen LogP contribution is 2.33. The minimum absolute atomic E-state index is 0.0857. The van der Waals surface area contributed by atoms with E-state index in [4.69, 9.17) is 9.84 Å². The number of pyridine rings is 1. The van der Waals surface area contributed by atoms with Gasteiger partial charge < -0.3 is 15.2 Å². The van der Waals surface area contributed by atoms with Crippen LogP contribution in [0, 0.1) is 5.92 Å². The van der Waals surface area contributed by atoms with Crippen molar-refractivity contribution < 1.29 is 19.4 Å². The van der Waals surface area contributed by atoms with Gasteiger partial charge >= 0.3 is 5.97 Å². The Morgan fingerprint density at radius 3 is 2.80 bits per heavy atom. The van der Waals surface area contributed by atoms with E-state index in [2.05, 4.69) is 15.2 Å². The highest BCUT2D eigenvalue weighted by Gasteiger charge is 2.38. The van der Waals surface area contributed by atoms with Gasteiger partial charge in [0.25, 0.3) is 5.91 Å². The second-order valence-electron chi connectivity index (χ2n) is 7.05. The van der Waals surface area contributed by atoms with E-state index in [1.807, 2.05) is 0 Å². The Morgan fingerprint density at radius 2 is 2.20 bits per heavy atom. The van der Waals surface area contributed by atoms with Crippen LogP contribution in [-0.4, -0.2) is 58.1 Å². The molecule has 2 saturated carbocycles. The van der Waals surface area contributed by atoms with Crippen LogP contribution in [0.25, 0.3) is 0 Å². The molecule has 2 aliphatic carbocycles. The molecular formula is C18H25N3O4. The summed E-state index contributed by atoms with van der Waals surface area (Å²) in [4.78, 5) is 29.3. The zero-order valence-electron chi connectivity index (χ0n) is 14.4. The lowest BCUT2D eigenvalue weighted by Gasteiger charge is -2.43. The number of carboxylic acid groups (broad SMARTS) is 1. The van der Waals surface area contributed by atoms with E-state index in [9.17, 15) is 9.59 Å². The number of hydrogen-bond acceptors (Lipinski definition) is 5. The van der Waals surface area contributed by atoms with E-state index in [1.54, 1.807) is 31.5 Å². The van der Waals surface area contributed by atoms with Crippen molar-refractivity contribution in [3.05, 3.63) is 24.5 Å². The molecule has 3 rings (SSSR count). The average molecular weight is 347 g/mol. The summed E-state index contributed by atoms with van der Waals surface area (Å²) in [5.74, 6) is 0.278. The highest BCUT2D eigenvalue weighted by atomic mass is 16.5. The second kappa shape index (κ2) is 7.82. The fraction of sp³-hybridized carbons (Fsp3) is 0.611. The quantitative estimate of drug-likeness (QED) is 0.699. The number of aliphatic carboxylic acids is 1. The van der Waals surface area contributed by atoms with Gasteiger partial charge in [-0.3, -0.25) is 19.5 Å². The number of carboxylic acids is 1. The Labute approximate surface area is 147 Å². The molecule has 0 aromatic carbocycles. The molecule has 1 atom stereocenters. The number of nitrogens with zero attached hydrogens (tertiary/aromatic N) is 2. The smallest absolute Gasteiger partial charge is 0.317 e. The van der Waals surface area contributed by atoms with Crippen LogP contribution in [0.4, 0.5) is 0 Å². The van der Waals surface area contributed by atoms with E-state index < -0.39 is 12.1 Å². The van der Waals surface area contributed by atoms with Crippen molar-refractivity contribution in [3.8, 4) is 5.75 Å². The van der Waals surface area contributed by atoms with Gasteiger partial charge in [0, 0.05) is 24.8 Å². The van der Waals surface area contributed by atoms with Crippen molar-refractivity contribution in [2.45, 2.75) is 50.8 Å². The van der Waals surface area contributed by atoms with E-state index >= 15 is 0 Å². The topological polar surface area (TPSA) is 91.8 Å². The number of nitrogens with one attached hydrogen (secondary N) is 1. The minimum atomic E-state index is -0.786. The molecule has 1 amide bonds. The Morgan fingerprint density at radius 1 is 1.44 bits per heavy atom. The predicted molar refractivity (Wildman–Crippen MR) is 91.2 cm³/mol. The monoisotopic (exact) mass is 347 g/mol. The maximum Gasteiger partial charge on any atom is 0.317 e. The predicted octanol–water partition coefficient (Wildman–Crippen LogP) is 1.29. The van der Waals surface area contributed by atoms with E-state index in [0.29, 0.717) is 11.7 Å². The molecule has 2 fully saturated rings. The molecular weight excluding hydrogens is 322 g/mol. The number of ether oxygens (including phenoxy) is 1. The molecule has 0 aliphatic heterocycles. The van der Waals surface area contributed by atoms with Crippen molar-refractivity contribution in [2.75, 3.05) is 13.1 Å². The van der Waals surface area contributed by atoms with E-state index in [0.717, 1.165) is 19.4 Å². The third kappa shape index (κ3) is 5.16. The number of carbonyl (C=O) groups is 2. The fourth-order valence-electron chi connectivity index (χ4n) is 3.15. The molecule has 25 heavy (non-hydrogen) atoms. The Bertz CT molecular complexity index is 600. The third-order valence-electron chi connectivity index (χ3n) is 4.82.